The highest BCUT2D eigenvalue weighted by molar-refractivity contribution is 5.62. The van der Waals surface area contributed by atoms with Crippen LogP contribution in [0.2, 0.25) is 0 Å². The second kappa shape index (κ2) is 3.76. The van der Waals surface area contributed by atoms with Gasteiger partial charge in [-0.3, -0.25) is 4.68 Å². The van der Waals surface area contributed by atoms with Gasteiger partial charge in [-0.25, -0.2) is 4.98 Å². The molecule has 1 heterocycles. The molecule has 2 N–H and O–H groups in total. The normalized spacial score (nSPS) is 11.8. The Kier molecular flexibility index (Phi) is 2.53. The van der Waals surface area contributed by atoms with Crippen LogP contribution < -0.4 is 5.73 Å². The minimum Gasteiger partial charge on any atom is -0.399 e. The fourth-order valence-electron chi connectivity index (χ4n) is 1.42. The first kappa shape index (κ1) is 11.4. The molecule has 17 heavy (non-hydrogen) atoms. The lowest BCUT2D eigenvalue weighted by atomic mass is 10.1. The number of aromatic nitrogens is 3. The smallest absolute Gasteiger partial charge is 0.399 e. The molecule has 7 heteroatoms. The molecule has 0 aliphatic rings. The van der Waals surface area contributed by atoms with E-state index in [4.69, 9.17) is 5.73 Å². The van der Waals surface area contributed by atoms with Gasteiger partial charge in [-0.2, -0.15) is 18.3 Å². The Morgan fingerprint density at radius 2 is 1.94 bits per heavy atom. The fraction of sp³-hybridized carbons (Fsp3) is 0.200. The highest BCUT2D eigenvalue weighted by Gasteiger charge is 2.31. The SMILES string of the molecule is Cn1cnc(-c2cc(N)cc(C(F)(F)F)c2)n1. The van der Waals surface area contributed by atoms with E-state index >= 15 is 0 Å². The number of benzene rings is 1. The van der Waals surface area contributed by atoms with Crippen molar-refractivity contribution in [3.63, 3.8) is 0 Å². The van der Waals surface area contributed by atoms with Gasteiger partial charge < -0.3 is 5.73 Å². The average molecular weight is 242 g/mol. The van der Waals surface area contributed by atoms with Crippen molar-refractivity contribution < 1.29 is 13.2 Å². The lowest BCUT2D eigenvalue weighted by Gasteiger charge is -2.08. The van der Waals surface area contributed by atoms with Crippen LogP contribution in [-0.4, -0.2) is 14.8 Å². The number of anilines is 1. The van der Waals surface area contributed by atoms with Crippen LogP contribution in [0.5, 0.6) is 0 Å². The van der Waals surface area contributed by atoms with E-state index in [0.29, 0.717) is 0 Å². The molecule has 4 nitrogen and oxygen atoms in total. The highest BCUT2D eigenvalue weighted by atomic mass is 19.4. The van der Waals surface area contributed by atoms with E-state index < -0.39 is 11.7 Å². The summed E-state index contributed by atoms with van der Waals surface area (Å²) in [6.45, 7) is 0. The highest BCUT2D eigenvalue weighted by Crippen LogP contribution is 2.33. The summed E-state index contributed by atoms with van der Waals surface area (Å²) in [5, 5.41) is 3.93. The summed E-state index contributed by atoms with van der Waals surface area (Å²) in [6.07, 6.45) is -3.02. The number of nitrogens with two attached hydrogens (primary N) is 1. The minimum absolute atomic E-state index is 0.0299. The van der Waals surface area contributed by atoms with E-state index in [1.807, 2.05) is 0 Å². The Labute approximate surface area is 94.9 Å². The summed E-state index contributed by atoms with van der Waals surface area (Å²) in [5.41, 5.74) is 4.91. The Balaban J connectivity index is 2.52. The first-order valence-electron chi connectivity index (χ1n) is 4.70. The summed E-state index contributed by atoms with van der Waals surface area (Å²) in [7, 11) is 1.63. The van der Waals surface area contributed by atoms with Gasteiger partial charge in [0, 0.05) is 18.3 Å². The molecular weight excluding hydrogens is 233 g/mol. The van der Waals surface area contributed by atoms with E-state index in [0.717, 1.165) is 12.1 Å². The van der Waals surface area contributed by atoms with Gasteiger partial charge in [0.2, 0.25) is 0 Å². The first-order chi connectivity index (χ1) is 7.86. The quantitative estimate of drug-likeness (QED) is 0.779. The minimum atomic E-state index is -4.43. The molecule has 0 saturated heterocycles. The van der Waals surface area contributed by atoms with E-state index in [9.17, 15) is 13.2 Å². The van der Waals surface area contributed by atoms with Gasteiger partial charge in [-0.15, -0.1) is 0 Å². The molecule has 0 fully saturated rings. The number of nitrogens with zero attached hydrogens (tertiary/aromatic N) is 3. The monoisotopic (exact) mass is 242 g/mol. The topological polar surface area (TPSA) is 56.7 Å². The van der Waals surface area contributed by atoms with Gasteiger partial charge in [0.15, 0.2) is 5.82 Å². The van der Waals surface area contributed by atoms with Gasteiger partial charge in [-0.05, 0) is 18.2 Å². The van der Waals surface area contributed by atoms with Gasteiger partial charge in [0.1, 0.15) is 6.33 Å². The van der Waals surface area contributed by atoms with Crippen LogP contribution in [0.4, 0.5) is 18.9 Å². The number of aryl methyl sites for hydroxylation is 1. The Bertz CT molecular complexity index is 545. The second-order valence-corrected chi connectivity index (χ2v) is 3.58. The van der Waals surface area contributed by atoms with Crippen molar-refractivity contribution in [2.75, 3.05) is 5.73 Å². The maximum atomic E-state index is 12.6. The number of halogens is 3. The van der Waals surface area contributed by atoms with Crippen LogP contribution in [-0.2, 0) is 13.2 Å². The molecule has 2 aromatic rings. The molecule has 0 unspecified atom stereocenters. The Morgan fingerprint density at radius 1 is 1.24 bits per heavy atom. The molecule has 0 bridgehead atoms. The molecule has 0 aliphatic carbocycles. The molecule has 0 aliphatic heterocycles. The Hall–Kier alpha value is -2.05. The van der Waals surface area contributed by atoms with E-state index in [2.05, 4.69) is 10.1 Å². The zero-order chi connectivity index (χ0) is 12.6. The number of hydrogen-bond donors (Lipinski definition) is 1. The van der Waals surface area contributed by atoms with Crippen molar-refractivity contribution in [1.82, 2.24) is 14.8 Å². The third-order valence-corrected chi connectivity index (χ3v) is 2.14. The second-order valence-electron chi connectivity index (χ2n) is 3.58. The molecule has 90 valence electrons. The molecule has 2 rings (SSSR count). The zero-order valence-electron chi connectivity index (χ0n) is 8.86. The van der Waals surface area contributed by atoms with E-state index in [1.54, 1.807) is 7.05 Å². The average Bonchev–Trinajstić information content (AvgIpc) is 2.62. The summed E-state index contributed by atoms with van der Waals surface area (Å²) in [5.74, 6) is 0.213. The van der Waals surface area contributed by atoms with Crippen LogP contribution >= 0.6 is 0 Å². The molecule has 0 saturated carbocycles. The fourth-order valence-corrected chi connectivity index (χ4v) is 1.42. The van der Waals surface area contributed by atoms with E-state index in [1.165, 1.54) is 17.1 Å². The van der Waals surface area contributed by atoms with Crippen molar-refractivity contribution in [2.45, 2.75) is 6.18 Å². The van der Waals surface area contributed by atoms with Crippen LogP contribution in [0.25, 0.3) is 11.4 Å². The van der Waals surface area contributed by atoms with Gasteiger partial charge >= 0.3 is 6.18 Å². The van der Waals surface area contributed by atoms with Crippen molar-refractivity contribution in [2.24, 2.45) is 7.05 Å². The van der Waals surface area contributed by atoms with Crippen molar-refractivity contribution >= 4 is 5.69 Å². The zero-order valence-corrected chi connectivity index (χ0v) is 8.86. The number of nitrogen functional groups attached to an aromatic ring is 1. The summed E-state index contributed by atoms with van der Waals surface area (Å²) >= 11 is 0. The van der Waals surface area contributed by atoms with Crippen LogP contribution in [0.3, 0.4) is 0 Å². The van der Waals surface area contributed by atoms with Crippen molar-refractivity contribution in [1.29, 1.82) is 0 Å². The Morgan fingerprint density at radius 3 is 2.47 bits per heavy atom. The molecule has 1 aromatic carbocycles. The summed E-state index contributed by atoms with van der Waals surface area (Å²) in [4.78, 5) is 3.88. The maximum absolute atomic E-state index is 12.6. The van der Waals surface area contributed by atoms with Crippen molar-refractivity contribution in [3.05, 3.63) is 30.1 Å². The first-order valence-corrected chi connectivity index (χ1v) is 4.70. The van der Waals surface area contributed by atoms with Gasteiger partial charge in [0.25, 0.3) is 0 Å². The number of rotatable bonds is 1. The van der Waals surface area contributed by atoms with Crippen LogP contribution in [0.1, 0.15) is 5.56 Å². The largest absolute Gasteiger partial charge is 0.416 e. The summed E-state index contributed by atoms with van der Waals surface area (Å²) in [6, 6.07) is 3.27. The predicted molar refractivity (Wildman–Crippen MR) is 55.9 cm³/mol. The third kappa shape index (κ3) is 2.38. The number of hydrogen-bond acceptors (Lipinski definition) is 3. The predicted octanol–water partition coefficient (Wildman–Crippen LogP) is 2.08. The lowest BCUT2D eigenvalue weighted by Crippen LogP contribution is -2.06. The molecule has 0 amide bonds. The van der Waals surface area contributed by atoms with Gasteiger partial charge in [0.05, 0.1) is 5.56 Å². The van der Waals surface area contributed by atoms with Gasteiger partial charge in [-0.1, -0.05) is 0 Å². The molecule has 0 atom stereocenters. The molecular formula is C10H9F3N4. The molecule has 1 aromatic heterocycles. The van der Waals surface area contributed by atoms with Crippen LogP contribution in [0.15, 0.2) is 24.5 Å². The van der Waals surface area contributed by atoms with E-state index in [-0.39, 0.29) is 17.1 Å². The van der Waals surface area contributed by atoms with Crippen molar-refractivity contribution in [3.8, 4) is 11.4 Å². The lowest BCUT2D eigenvalue weighted by molar-refractivity contribution is -0.137. The molecule has 0 radical (unpaired) electrons. The molecule has 0 spiro atoms. The third-order valence-electron chi connectivity index (χ3n) is 2.14. The standard InChI is InChI=1S/C10H9F3N4/c1-17-5-15-9(16-17)6-2-7(10(11,12)13)4-8(14)3-6/h2-5H,14H2,1H3. The summed E-state index contributed by atoms with van der Waals surface area (Å²) < 4.78 is 39.1. The maximum Gasteiger partial charge on any atom is 0.416 e. The number of alkyl halides is 3. The van der Waals surface area contributed by atoms with Crippen LogP contribution in [0, 0.1) is 0 Å².